The highest BCUT2D eigenvalue weighted by Gasteiger charge is 2.34. The van der Waals surface area contributed by atoms with Gasteiger partial charge < -0.3 is 4.42 Å². The zero-order valence-electron chi connectivity index (χ0n) is 7.92. The Morgan fingerprint density at radius 1 is 1.43 bits per heavy atom. The number of halogens is 1. The van der Waals surface area contributed by atoms with Crippen LogP contribution in [0.5, 0.6) is 0 Å². The molecule has 1 fully saturated rings. The molecule has 14 heavy (non-hydrogen) atoms. The highest BCUT2D eigenvalue weighted by atomic mass is 79.9. The van der Waals surface area contributed by atoms with E-state index >= 15 is 0 Å². The minimum Gasteiger partial charge on any atom is -0.454 e. The maximum atomic E-state index is 9.18. The Balaban J connectivity index is 2.13. The van der Waals surface area contributed by atoms with Gasteiger partial charge in [0.1, 0.15) is 5.76 Å². The molecule has 0 spiro atoms. The Bertz CT molecular complexity index is 358. The summed E-state index contributed by atoms with van der Waals surface area (Å²) in [6.07, 6.45) is 5.14. The predicted octanol–water partition coefficient (Wildman–Crippen LogP) is 3.67. The van der Waals surface area contributed by atoms with Gasteiger partial charge in [-0.3, -0.25) is 0 Å². The van der Waals surface area contributed by atoms with E-state index in [1.165, 1.54) is 12.8 Å². The van der Waals surface area contributed by atoms with Crippen molar-refractivity contribution in [3.8, 4) is 6.07 Å². The molecule has 1 aliphatic carbocycles. The van der Waals surface area contributed by atoms with E-state index in [4.69, 9.17) is 4.42 Å². The van der Waals surface area contributed by atoms with E-state index in [0.29, 0.717) is 0 Å². The van der Waals surface area contributed by atoms with Crippen molar-refractivity contribution in [3.05, 3.63) is 22.6 Å². The molecule has 0 N–H and O–H groups in total. The lowest BCUT2D eigenvalue weighted by Gasteiger charge is -2.17. The van der Waals surface area contributed by atoms with Crippen LogP contribution in [0.2, 0.25) is 0 Å². The molecule has 0 unspecified atom stereocenters. The normalized spacial score (nSPS) is 19.4. The predicted molar refractivity (Wildman–Crippen MR) is 56.6 cm³/mol. The fourth-order valence-electron chi connectivity index (χ4n) is 2.16. The third kappa shape index (κ3) is 1.85. The van der Waals surface area contributed by atoms with Crippen molar-refractivity contribution < 1.29 is 4.42 Å². The molecule has 0 bridgehead atoms. The lowest BCUT2D eigenvalue weighted by molar-refractivity contribution is 0.358. The number of furan rings is 1. The molecule has 1 saturated carbocycles. The number of hydrogen-bond acceptors (Lipinski definition) is 2. The van der Waals surface area contributed by atoms with Crippen molar-refractivity contribution in [3.63, 3.8) is 0 Å². The number of hydrogen-bond donors (Lipinski definition) is 0. The smallest absolute Gasteiger partial charge is 0.169 e. The summed E-state index contributed by atoms with van der Waals surface area (Å²) in [7, 11) is 0. The number of nitrogens with zero attached hydrogens (tertiary/aromatic N) is 1. The van der Waals surface area contributed by atoms with Crippen LogP contribution in [-0.4, -0.2) is 0 Å². The third-order valence-electron chi connectivity index (χ3n) is 2.94. The van der Waals surface area contributed by atoms with Crippen molar-refractivity contribution in [1.29, 1.82) is 5.26 Å². The summed E-state index contributed by atoms with van der Waals surface area (Å²) in [6, 6.07) is 6.29. The lowest BCUT2D eigenvalue weighted by atomic mass is 9.83. The zero-order valence-corrected chi connectivity index (χ0v) is 9.51. The Labute approximate surface area is 92.0 Å². The molecule has 0 aliphatic heterocycles. The number of nitriles is 1. The molecular weight excluding hydrogens is 242 g/mol. The maximum absolute atomic E-state index is 9.18. The van der Waals surface area contributed by atoms with Gasteiger partial charge in [-0.25, -0.2) is 0 Å². The molecule has 2 rings (SSSR count). The molecule has 1 aromatic heterocycles. The minimum absolute atomic E-state index is 0.155. The van der Waals surface area contributed by atoms with E-state index in [0.717, 1.165) is 29.7 Å². The molecule has 0 aromatic carbocycles. The second-order valence-corrected chi connectivity index (χ2v) is 4.76. The molecule has 3 heteroatoms. The Morgan fingerprint density at radius 3 is 2.64 bits per heavy atom. The SMILES string of the molecule is N#CC1(Cc2ccc(Br)o2)CCCC1. The maximum Gasteiger partial charge on any atom is 0.169 e. The molecule has 0 saturated heterocycles. The first-order valence-electron chi connectivity index (χ1n) is 4.90. The second kappa shape index (κ2) is 3.78. The summed E-state index contributed by atoms with van der Waals surface area (Å²) in [5, 5.41) is 9.18. The van der Waals surface area contributed by atoms with Gasteiger partial charge in [-0.15, -0.1) is 0 Å². The Hall–Kier alpha value is -0.750. The van der Waals surface area contributed by atoms with Gasteiger partial charge >= 0.3 is 0 Å². The van der Waals surface area contributed by atoms with Crippen LogP contribution in [0.4, 0.5) is 0 Å². The van der Waals surface area contributed by atoms with Crippen LogP contribution >= 0.6 is 15.9 Å². The minimum atomic E-state index is -0.155. The highest BCUT2D eigenvalue weighted by Crippen LogP contribution is 2.40. The van der Waals surface area contributed by atoms with Gasteiger partial charge in [0.05, 0.1) is 11.5 Å². The molecule has 1 aliphatic rings. The van der Waals surface area contributed by atoms with Gasteiger partial charge in [-0.05, 0) is 40.9 Å². The van der Waals surface area contributed by atoms with E-state index in [2.05, 4.69) is 22.0 Å². The first kappa shape index (κ1) is 9.79. The van der Waals surface area contributed by atoms with Crippen LogP contribution in [0, 0.1) is 16.7 Å². The molecule has 1 heterocycles. The molecule has 0 amide bonds. The van der Waals surface area contributed by atoms with Crippen LogP contribution in [0.3, 0.4) is 0 Å². The van der Waals surface area contributed by atoms with Crippen LogP contribution in [0.25, 0.3) is 0 Å². The highest BCUT2D eigenvalue weighted by molar-refractivity contribution is 9.10. The average molecular weight is 254 g/mol. The van der Waals surface area contributed by atoms with Gasteiger partial charge in [0.25, 0.3) is 0 Å². The van der Waals surface area contributed by atoms with Crippen molar-refractivity contribution in [1.82, 2.24) is 0 Å². The van der Waals surface area contributed by atoms with Crippen molar-refractivity contribution in [2.45, 2.75) is 32.1 Å². The summed E-state index contributed by atoms with van der Waals surface area (Å²) in [4.78, 5) is 0. The topological polar surface area (TPSA) is 36.9 Å². The zero-order chi connectivity index (χ0) is 10.0. The van der Waals surface area contributed by atoms with Gasteiger partial charge in [-0.2, -0.15) is 5.26 Å². The van der Waals surface area contributed by atoms with Crippen molar-refractivity contribution in [2.75, 3.05) is 0 Å². The largest absolute Gasteiger partial charge is 0.454 e. The number of rotatable bonds is 2. The molecular formula is C11H12BrNO. The van der Waals surface area contributed by atoms with Gasteiger partial charge in [0.15, 0.2) is 4.67 Å². The molecule has 74 valence electrons. The van der Waals surface area contributed by atoms with Gasteiger partial charge in [-0.1, -0.05) is 12.8 Å². The Kier molecular flexibility index (Phi) is 2.64. The first-order valence-corrected chi connectivity index (χ1v) is 5.69. The van der Waals surface area contributed by atoms with Gasteiger partial charge in [0.2, 0.25) is 0 Å². The van der Waals surface area contributed by atoms with E-state index in [-0.39, 0.29) is 5.41 Å². The second-order valence-electron chi connectivity index (χ2n) is 3.98. The molecule has 1 aromatic rings. The van der Waals surface area contributed by atoms with E-state index in [9.17, 15) is 5.26 Å². The lowest BCUT2D eigenvalue weighted by Crippen LogP contribution is -2.16. The van der Waals surface area contributed by atoms with E-state index in [1.807, 2.05) is 12.1 Å². The third-order valence-corrected chi connectivity index (χ3v) is 3.37. The molecule has 0 radical (unpaired) electrons. The summed E-state index contributed by atoms with van der Waals surface area (Å²) >= 11 is 3.27. The fourth-order valence-corrected chi connectivity index (χ4v) is 2.50. The van der Waals surface area contributed by atoms with Crippen molar-refractivity contribution >= 4 is 15.9 Å². The summed E-state index contributed by atoms with van der Waals surface area (Å²) < 4.78 is 6.19. The monoisotopic (exact) mass is 253 g/mol. The quantitative estimate of drug-likeness (QED) is 0.807. The van der Waals surface area contributed by atoms with Crippen LogP contribution in [-0.2, 0) is 6.42 Å². The van der Waals surface area contributed by atoms with Crippen molar-refractivity contribution in [2.24, 2.45) is 5.41 Å². The van der Waals surface area contributed by atoms with Crippen LogP contribution < -0.4 is 0 Å². The summed E-state index contributed by atoms with van der Waals surface area (Å²) in [6.45, 7) is 0. The molecule has 2 nitrogen and oxygen atoms in total. The van der Waals surface area contributed by atoms with E-state index < -0.39 is 0 Å². The van der Waals surface area contributed by atoms with E-state index in [1.54, 1.807) is 0 Å². The first-order chi connectivity index (χ1) is 6.74. The van der Waals surface area contributed by atoms with Gasteiger partial charge in [0, 0.05) is 6.42 Å². The summed E-state index contributed by atoms with van der Waals surface area (Å²) in [5.74, 6) is 0.917. The van der Waals surface area contributed by atoms with Crippen LogP contribution in [0.15, 0.2) is 21.2 Å². The average Bonchev–Trinajstić information content (AvgIpc) is 2.77. The standard InChI is InChI=1S/C11H12BrNO/c12-10-4-3-9(14-10)7-11(8-13)5-1-2-6-11/h3-4H,1-2,5-7H2. The summed E-state index contributed by atoms with van der Waals surface area (Å²) in [5.41, 5.74) is -0.155. The fraction of sp³-hybridized carbons (Fsp3) is 0.545. The molecule has 0 atom stereocenters. The Morgan fingerprint density at radius 2 is 2.14 bits per heavy atom. The van der Waals surface area contributed by atoms with Crippen LogP contribution in [0.1, 0.15) is 31.4 Å².